The smallest absolute Gasteiger partial charge is 0.405 e. The summed E-state index contributed by atoms with van der Waals surface area (Å²) in [4.78, 5) is 13.4. The van der Waals surface area contributed by atoms with Crippen molar-refractivity contribution < 1.29 is 22.7 Å². The Bertz CT molecular complexity index is 602. The van der Waals surface area contributed by atoms with E-state index < -0.39 is 18.7 Å². The van der Waals surface area contributed by atoms with Crippen LogP contribution in [0.5, 0.6) is 0 Å². The Labute approximate surface area is 147 Å². The fourth-order valence-corrected chi connectivity index (χ4v) is 3.34. The largest absolute Gasteiger partial charge is 0.462 e. The molecule has 0 amide bonds. The van der Waals surface area contributed by atoms with E-state index in [1.807, 2.05) is 0 Å². The van der Waals surface area contributed by atoms with Gasteiger partial charge >= 0.3 is 12.1 Å². The lowest BCUT2D eigenvalue weighted by molar-refractivity contribution is -0.120. The predicted molar refractivity (Wildman–Crippen MR) is 89.5 cm³/mol. The number of rotatable bonds is 5. The van der Waals surface area contributed by atoms with Crippen LogP contribution in [0.1, 0.15) is 29.3 Å². The molecule has 2 rings (SSSR count). The van der Waals surface area contributed by atoms with Crippen LogP contribution in [0.2, 0.25) is 0 Å². The van der Waals surface area contributed by atoms with Crippen molar-refractivity contribution in [3.63, 3.8) is 0 Å². The first-order valence-corrected chi connectivity index (χ1v) is 8.53. The van der Waals surface area contributed by atoms with Crippen LogP contribution in [-0.2, 0) is 4.74 Å². The second kappa shape index (κ2) is 7.74. The summed E-state index contributed by atoms with van der Waals surface area (Å²) < 4.78 is 44.8. The van der Waals surface area contributed by atoms with Crippen LogP contribution < -0.4 is 10.2 Å². The summed E-state index contributed by atoms with van der Waals surface area (Å²) in [6.45, 7) is 3.65. The fraction of sp³-hybridized carbons (Fsp3) is 0.562. The number of nitrogens with one attached hydrogen (secondary N) is 1. The van der Waals surface area contributed by atoms with Crippen molar-refractivity contribution in [1.29, 1.82) is 0 Å². The van der Waals surface area contributed by atoms with Gasteiger partial charge in [-0.3, -0.25) is 0 Å². The number of esters is 1. The van der Waals surface area contributed by atoms with Gasteiger partial charge in [-0.2, -0.15) is 13.2 Å². The molecule has 1 saturated heterocycles. The molecule has 0 bridgehead atoms. The Balaban J connectivity index is 2.46. The number of halogens is 4. The molecule has 1 aliphatic rings. The normalized spacial score (nSPS) is 17.8. The van der Waals surface area contributed by atoms with E-state index in [0.29, 0.717) is 35.2 Å². The highest BCUT2D eigenvalue weighted by atomic mass is 79.9. The summed E-state index contributed by atoms with van der Waals surface area (Å²) >= 11 is 3.29. The third kappa shape index (κ3) is 4.63. The van der Waals surface area contributed by atoms with Crippen LogP contribution in [-0.4, -0.2) is 44.4 Å². The van der Waals surface area contributed by atoms with E-state index >= 15 is 0 Å². The lowest BCUT2D eigenvalue weighted by Crippen LogP contribution is -2.43. The molecule has 1 aromatic rings. The molecule has 1 fully saturated rings. The Morgan fingerprint density at radius 3 is 2.71 bits per heavy atom. The van der Waals surface area contributed by atoms with E-state index in [1.54, 1.807) is 26.0 Å². The highest BCUT2D eigenvalue weighted by Crippen LogP contribution is 2.33. The standard InChI is InChI=1S/C16H20BrF3N2O2/c1-3-24-15(23)13-6-11(17)7-14(10(13)2)22(9-16(18,19)20)12-4-5-21-8-12/h6-7,12,21H,3-5,8-9H2,1-2H3. The minimum atomic E-state index is -4.33. The molecular weight excluding hydrogens is 389 g/mol. The van der Waals surface area contributed by atoms with Gasteiger partial charge in [0.25, 0.3) is 0 Å². The average Bonchev–Trinajstić information content (AvgIpc) is 3.00. The highest BCUT2D eigenvalue weighted by Gasteiger charge is 2.36. The Morgan fingerprint density at radius 2 is 2.17 bits per heavy atom. The molecule has 0 saturated carbocycles. The molecule has 0 aliphatic carbocycles. The SMILES string of the molecule is CCOC(=O)c1cc(Br)cc(N(CC(F)(F)F)C2CCNC2)c1C. The Morgan fingerprint density at radius 1 is 1.46 bits per heavy atom. The van der Waals surface area contributed by atoms with Crippen molar-refractivity contribution in [2.24, 2.45) is 0 Å². The van der Waals surface area contributed by atoms with E-state index in [0.717, 1.165) is 0 Å². The number of hydrogen-bond acceptors (Lipinski definition) is 4. The molecule has 134 valence electrons. The molecule has 0 radical (unpaired) electrons. The number of nitrogens with zero attached hydrogens (tertiary/aromatic N) is 1. The monoisotopic (exact) mass is 408 g/mol. The zero-order chi connectivity index (χ0) is 17.9. The molecule has 8 heteroatoms. The lowest BCUT2D eigenvalue weighted by Gasteiger charge is -2.33. The van der Waals surface area contributed by atoms with Gasteiger partial charge in [0.05, 0.1) is 12.2 Å². The van der Waals surface area contributed by atoms with Gasteiger partial charge in [0.15, 0.2) is 0 Å². The second-order valence-corrected chi connectivity index (χ2v) is 6.62. The van der Waals surface area contributed by atoms with Gasteiger partial charge in [-0.05, 0) is 44.5 Å². The van der Waals surface area contributed by atoms with E-state index in [1.165, 1.54) is 4.90 Å². The topological polar surface area (TPSA) is 41.6 Å². The van der Waals surface area contributed by atoms with Crippen molar-refractivity contribution in [1.82, 2.24) is 5.32 Å². The van der Waals surface area contributed by atoms with Gasteiger partial charge in [0.1, 0.15) is 6.54 Å². The van der Waals surface area contributed by atoms with Gasteiger partial charge in [0.2, 0.25) is 0 Å². The quantitative estimate of drug-likeness (QED) is 0.754. The van der Waals surface area contributed by atoms with Gasteiger partial charge in [-0.25, -0.2) is 4.79 Å². The van der Waals surface area contributed by atoms with Crippen LogP contribution in [0.25, 0.3) is 0 Å². The molecular formula is C16H20BrF3N2O2. The molecule has 0 spiro atoms. The number of carbonyl (C=O) groups excluding carboxylic acids is 1. The number of carbonyl (C=O) groups is 1. The van der Waals surface area contributed by atoms with Crippen molar-refractivity contribution in [3.05, 3.63) is 27.7 Å². The van der Waals surface area contributed by atoms with E-state index in [4.69, 9.17) is 4.74 Å². The van der Waals surface area contributed by atoms with Crippen molar-refractivity contribution in [2.75, 3.05) is 31.1 Å². The first-order valence-electron chi connectivity index (χ1n) is 7.74. The van der Waals surface area contributed by atoms with Crippen LogP contribution in [0.15, 0.2) is 16.6 Å². The summed E-state index contributed by atoms with van der Waals surface area (Å²) in [7, 11) is 0. The molecule has 1 atom stereocenters. The lowest BCUT2D eigenvalue weighted by atomic mass is 10.0. The van der Waals surface area contributed by atoms with Crippen molar-refractivity contribution in [2.45, 2.75) is 32.5 Å². The van der Waals surface area contributed by atoms with Crippen LogP contribution >= 0.6 is 15.9 Å². The zero-order valence-corrected chi connectivity index (χ0v) is 15.1. The first kappa shape index (κ1) is 19.1. The second-order valence-electron chi connectivity index (χ2n) is 5.71. The zero-order valence-electron chi connectivity index (χ0n) is 13.5. The molecule has 0 aromatic heterocycles. The molecule has 1 N–H and O–H groups in total. The first-order chi connectivity index (χ1) is 11.2. The number of alkyl halides is 3. The summed E-state index contributed by atoms with van der Waals surface area (Å²) in [5.74, 6) is -0.533. The molecule has 1 aromatic carbocycles. The van der Waals surface area contributed by atoms with E-state index in [2.05, 4.69) is 21.2 Å². The molecule has 24 heavy (non-hydrogen) atoms. The molecule has 1 heterocycles. The maximum absolute atomic E-state index is 13.1. The summed E-state index contributed by atoms with van der Waals surface area (Å²) in [5, 5.41) is 3.09. The third-order valence-electron chi connectivity index (χ3n) is 3.97. The Hall–Kier alpha value is -1.28. The van der Waals surface area contributed by atoms with E-state index in [9.17, 15) is 18.0 Å². The van der Waals surface area contributed by atoms with Crippen molar-refractivity contribution >= 4 is 27.6 Å². The number of benzene rings is 1. The average molecular weight is 409 g/mol. The number of ether oxygens (including phenoxy) is 1. The van der Waals surface area contributed by atoms with Gasteiger partial charge in [-0.1, -0.05) is 15.9 Å². The number of hydrogen-bond donors (Lipinski definition) is 1. The third-order valence-corrected chi connectivity index (χ3v) is 4.43. The minimum Gasteiger partial charge on any atom is -0.462 e. The maximum Gasteiger partial charge on any atom is 0.405 e. The van der Waals surface area contributed by atoms with E-state index in [-0.39, 0.29) is 18.2 Å². The summed E-state index contributed by atoms with van der Waals surface area (Å²) in [6.07, 6.45) is -3.71. The van der Waals surface area contributed by atoms with Crippen LogP contribution in [0.3, 0.4) is 0 Å². The van der Waals surface area contributed by atoms with Gasteiger partial charge < -0.3 is 15.0 Å². The molecule has 1 aliphatic heterocycles. The van der Waals surface area contributed by atoms with Gasteiger partial charge in [-0.15, -0.1) is 0 Å². The minimum absolute atomic E-state index is 0.207. The summed E-state index contributed by atoms with van der Waals surface area (Å²) in [6, 6.07) is 2.94. The molecule has 1 unspecified atom stereocenters. The van der Waals surface area contributed by atoms with Crippen LogP contribution in [0.4, 0.5) is 18.9 Å². The van der Waals surface area contributed by atoms with Crippen molar-refractivity contribution in [3.8, 4) is 0 Å². The maximum atomic E-state index is 13.1. The van der Waals surface area contributed by atoms with Gasteiger partial charge in [0, 0.05) is 22.7 Å². The Kier molecular flexibility index (Phi) is 6.14. The fourth-order valence-electron chi connectivity index (χ4n) is 2.89. The summed E-state index contributed by atoms with van der Waals surface area (Å²) in [5.41, 5.74) is 1.17. The predicted octanol–water partition coefficient (Wildman–Crippen LogP) is 3.66. The molecule has 4 nitrogen and oxygen atoms in total. The van der Waals surface area contributed by atoms with Crippen LogP contribution in [0, 0.1) is 6.92 Å². The highest BCUT2D eigenvalue weighted by molar-refractivity contribution is 9.10. The number of anilines is 1.